The number of nitrogens with zero attached hydrogens (tertiary/aromatic N) is 6. The molecule has 198 valence electrons. The number of nitro benzene ring substituents is 1. The number of non-ortho nitro benzene ring substituents is 1. The molecule has 0 radical (unpaired) electrons. The number of hydrogen-bond donors (Lipinski definition) is 1. The maximum absolute atomic E-state index is 13.5. The summed E-state index contributed by atoms with van der Waals surface area (Å²) >= 11 is 1.12. The number of benzene rings is 2. The smallest absolute Gasteiger partial charge is 0.270 e. The Hall–Kier alpha value is -3.84. The topological polar surface area (TPSA) is 145 Å². The number of tetrazole rings is 1. The highest BCUT2D eigenvalue weighted by Crippen LogP contribution is 2.37. The first-order valence-electron chi connectivity index (χ1n) is 12.4. The second kappa shape index (κ2) is 11.3. The first-order valence-corrected chi connectivity index (χ1v) is 13.2. The molecule has 1 aliphatic heterocycles. The van der Waals surface area contributed by atoms with Gasteiger partial charge in [0.2, 0.25) is 5.16 Å². The number of rotatable bonds is 7. The number of hydrogen-bond acceptors (Lipinski definition) is 9. The Balaban J connectivity index is 1.46. The van der Waals surface area contributed by atoms with E-state index in [0.717, 1.165) is 43.0 Å². The molecule has 12 nitrogen and oxygen atoms in total. The number of carbonyl (C=O) groups is 2. The van der Waals surface area contributed by atoms with Crippen molar-refractivity contribution >= 4 is 35.0 Å². The van der Waals surface area contributed by atoms with Gasteiger partial charge in [-0.3, -0.25) is 19.7 Å². The molecule has 3 aromatic rings. The quantitative estimate of drug-likeness (QED) is 0.352. The van der Waals surface area contributed by atoms with E-state index in [0.29, 0.717) is 53.5 Å². The van der Waals surface area contributed by atoms with Crippen molar-refractivity contribution in [3.8, 4) is 0 Å². The predicted molar refractivity (Wildman–Crippen MR) is 138 cm³/mol. The van der Waals surface area contributed by atoms with Crippen LogP contribution in [0.2, 0.25) is 0 Å². The van der Waals surface area contributed by atoms with Crippen LogP contribution in [0.3, 0.4) is 0 Å². The standard InChI is InChI=1S/C25H27N7O5S/c1-30-25(27-28-29-30)38-22-9-7-18(32(35)36)15-21(22)23(33)26-17-6-8-19(16-4-2-3-5-16)20(14-17)24(34)31-10-12-37-13-11-31/h6-9,14-16H,2-5,10-13H2,1H3,(H,26,33). The van der Waals surface area contributed by atoms with Gasteiger partial charge < -0.3 is 15.0 Å². The van der Waals surface area contributed by atoms with Crippen molar-refractivity contribution in [1.82, 2.24) is 25.1 Å². The van der Waals surface area contributed by atoms with Gasteiger partial charge in [-0.05, 0) is 64.7 Å². The molecule has 2 fully saturated rings. The van der Waals surface area contributed by atoms with E-state index in [1.54, 1.807) is 24.1 Å². The van der Waals surface area contributed by atoms with Crippen LogP contribution in [0.4, 0.5) is 11.4 Å². The molecule has 0 bridgehead atoms. The van der Waals surface area contributed by atoms with E-state index in [-0.39, 0.29) is 17.2 Å². The van der Waals surface area contributed by atoms with Crippen LogP contribution < -0.4 is 5.32 Å². The lowest BCUT2D eigenvalue weighted by molar-refractivity contribution is -0.384. The minimum atomic E-state index is -0.551. The zero-order valence-electron chi connectivity index (χ0n) is 20.8. The summed E-state index contributed by atoms with van der Waals surface area (Å²) < 4.78 is 6.85. The lowest BCUT2D eigenvalue weighted by Gasteiger charge is -2.28. The number of carbonyl (C=O) groups excluding carboxylic acids is 2. The van der Waals surface area contributed by atoms with Gasteiger partial charge in [0.25, 0.3) is 17.5 Å². The number of ether oxygens (including phenoxy) is 1. The number of aromatic nitrogens is 4. The monoisotopic (exact) mass is 537 g/mol. The Labute approximate surface area is 222 Å². The summed E-state index contributed by atoms with van der Waals surface area (Å²) in [5.41, 5.74) is 1.91. The number of nitro groups is 1. The molecule has 5 rings (SSSR count). The second-order valence-electron chi connectivity index (χ2n) is 9.27. The highest BCUT2D eigenvalue weighted by Gasteiger charge is 2.27. The fraction of sp³-hybridized carbons (Fsp3) is 0.400. The summed E-state index contributed by atoms with van der Waals surface area (Å²) in [5.74, 6) is -0.308. The van der Waals surface area contributed by atoms with Crippen LogP contribution in [0.15, 0.2) is 46.5 Å². The summed E-state index contributed by atoms with van der Waals surface area (Å²) in [4.78, 5) is 40.1. The lowest BCUT2D eigenvalue weighted by Crippen LogP contribution is -2.41. The van der Waals surface area contributed by atoms with Gasteiger partial charge in [-0.25, -0.2) is 4.68 Å². The Morgan fingerprint density at radius 2 is 1.87 bits per heavy atom. The second-order valence-corrected chi connectivity index (χ2v) is 10.3. The van der Waals surface area contributed by atoms with E-state index >= 15 is 0 Å². The maximum atomic E-state index is 13.5. The van der Waals surface area contributed by atoms with Crippen molar-refractivity contribution in [2.24, 2.45) is 7.05 Å². The summed E-state index contributed by atoms with van der Waals surface area (Å²) in [6.45, 7) is 2.03. The molecule has 0 spiro atoms. The minimum absolute atomic E-state index is 0.0762. The zero-order chi connectivity index (χ0) is 26.6. The molecule has 0 atom stereocenters. The largest absolute Gasteiger partial charge is 0.378 e. The van der Waals surface area contributed by atoms with Crippen molar-refractivity contribution < 1.29 is 19.2 Å². The van der Waals surface area contributed by atoms with E-state index in [1.165, 1.54) is 22.9 Å². The van der Waals surface area contributed by atoms with Crippen LogP contribution in [0.5, 0.6) is 0 Å². The highest BCUT2D eigenvalue weighted by molar-refractivity contribution is 7.99. The summed E-state index contributed by atoms with van der Waals surface area (Å²) in [6, 6.07) is 9.50. The first kappa shape index (κ1) is 25.8. The van der Waals surface area contributed by atoms with Crippen molar-refractivity contribution in [3.63, 3.8) is 0 Å². The summed E-state index contributed by atoms with van der Waals surface area (Å²) in [7, 11) is 1.66. The van der Waals surface area contributed by atoms with E-state index in [1.807, 2.05) is 6.07 Å². The van der Waals surface area contributed by atoms with Gasteiger partial charge in [0.1, 0.15) is 0 Å². The molecule has 0 unspecified atom stereocenters. The predicted octanol–water partition coefficient (Wildman–Crippen LogP) is 3.65. The van der Waals surface area contributed by atoms with Crippen LogP contribution in [-0.2, 0) is 11.8 Å². The van der Waals surface area contributed by atoms with E-state index < -0.39 is 10.8 Å². The van der Waals surface area contributed by atoms with Crippen molar-refractivity contribution in [2.75, 3.05) is 31.6 Å². The molecule has 2 amide bonds. The van der Waals surface area contributed by atoms with Gasteiger partial charge in [0.15, 0.2) is 0 Å². The zero-order valence-corrected chi connectivity index (χ0v) is 21.6. The summed E-state index contributed by atoms with van der Waals surface area (Å²) in [5, 5.41) is 26.0. The van der Waals surface area contributed by atoms with E-state index in [9.17, 15) is 19.7 Å². The minimum Gasteiger partial charge on any atom is -0.378 e. The SMILES string of the molecule is Cn1nnnc1Sc1ccc([N+](=O)[O-])cc1C(=O)Nc1ccc(C2CCCC2)c(C(=O)N2CCOCC2)c1. The number of nitrogens with one attached hydrogen (secondary N) is 1. The van der Waals surface area contributed by atoms with E-state index in [2.05, 4.69) is 20.8 Å². The average Bonchev–Trinajstić information content (AvgIpc) is 3.61. The third-order valence-electron chi connectivity index (χ3n) is 6.84. The molecule has 2 heterocycles. The molecule has 13 heteroatoms. The molecular formula is C25H27N7O5S. The Kier molecular flexibility index (Phi) is 7.65. The molecule has 2 aliphatic rings. The fourth-order valence-corrected chi connectivity index (χ4v) is 5.69. The van der Waals surface area contributed by atoms with E-state index in [4.69, 9.17) is 4.74 Å². The molecule has 1 saturated heterocycles. The molecule has 38 heavy (non-hydrogen) atoms. The van der Waals surface area contributed by atoms with Gasteiger partial charge >= 0.3 is 0 Å². The van der Waals surface area contributed by atoms with Crippen molar-refractivity contribution in [1.29, 1.82) is 0 Å². The van der Waals surface area contributed by atoms with Crippen LogP contribution >= 0.6 is 11.8 Å². The first-order chi connectivity index (χ1) is 18.4. The summed E-state index contributed by atoms with van der Waals surface area (Å²) in [6.07, 6.45) is 4.31. The molecule has 1 aliphatic carbocycles. The Bertz CT molecular complexity index is 1370. The van der Waals surface area contributed by atoms with Gasteiger partial charge in [0.05, 0.1) is 23.7 Å². The molecule has 1 N–H and O–H groups in total. The number of aryl methyl sites for hydroxylation is 1. The van der Waals surface area contributed by atoms with Gasteiger partial charge in [0, 0.05) is 48.4 Å². The normalized spacial score (nSPS) is 16.0. The fourth-order valence-electron chi connectivity index (χ4n) is 4.85. The highest BCUT2D eigenvalue weighted by atomic mass is 32.2. The van der Waals surface area contributed by atoms with Crippen LogP contribution in [0, 0.1) is 10.1 Å². The van der Waals surface area contributed by atoms with Gasteiger partial charge in [-0.1, -0.05) is 18.9 Å². The number of morpholine rings is 1. The van der Waals surface area contributed by atoms with Gasteiger partial charge in [-0.15, -0.1) is 5.10 Å². The molecule has 2 aromatic carbocycles. The Morgan fingerprint density at radius 1 is 1.11 bits per heavy atom. The average molecular weight is 538 g/mol. The third kappa shape index (κ3) is 5.53. The lowest BCUT2D eigenvalue weighted by atomic mass is 9.91. The maximum Gasteiger partial charge on any atom is 0.270 e. The molecule has 1 aromatic heterocycles. The molecular weight excluding hydrogens is 510 g/mol. The number of amides is 2. The van der Waals surface area contributed by atoms with Crippen LogP contribution in [0.1, 0.15) is 57.9 Å². The molecule has 1 saturated carbocycles. The van der Waals surface area contributed by atoms with Crippen LogP contribution in [-0.4, -0.2) is 68.1 Å². The Morgan fingerprint density at radius 3 is 2.55 bits per heavy atom. The van der Waals surface area contributed by atoms with Gasteiger partial charge in [-0.2, -0.15) is 0 Å². The number of anilines is 1. The van der Waals surface area contributed by atoms with Crippen LogP contribution in [0.25, 0.3) is 0 Å². The van der Waals surface area contributed by atoms with Crippen molar-refractivity contribution in [2.45, 2.75) is 41.7 Å². The van der Waals surface area contributed by atoms with Crippen molar-refractivity contribution in [3.05, 3.63) is 63.2 Å². The third-order valence-corrected chi connectivity index (χ3v) is 7.94.